The SMILES string of the molecule is CCOC(=O)Cc1ncc(C(F)(F)F)cc1I. The monoisotopic (exact) mass is 359 g/mol. The lowest BCUT2D eigenvalue weighted by molar-refractivity contribution is -0.142. The number of nitrogens with zero attached hydrogens (tertiary/aromatic N) is 1. The molecular formula is C10H9F3INO2. The first-order valence-electron chi connectivity index (χ1n) is 4.71. The number of hydrogen-bond acceptors (Lipinski definition) is 3. The topological polar surface area (TPSA) is 39.2 Å². The van der Waals surface area contributed by atoms with Crippen molar-refractivity contribution in [2.45, 2.75) is 19.5 Å². The maximum Gasteiger partial charge on any atom is 0.417 e. The Hall–Kier alpha value is -0.860. The summed E-state index contributed by atoms with van der Waals surface area (Å²) in [7, 11) is 0. The van der Waals surface area contributed by atoms with E-state index in [0.717, 1.165) is 12.3 Å². The van der Waals surface area contributed by atoms with Gasteiger partial charge in [-0.05, 0) is 35.6 Å². The van der Waals surface area contributed by atoms with Crippen molar-refractivity contribution in [1.29, 1.82) is 0 Å². The molecule has 0 atom stereocenters. The fourth-order valence-electron chi connectivity index (χ4n) is 1.10. The van der Waals surface area contributed by atoms with E-state index in [-0.39, 0.29) is 18.7 Å². The Bertz CT molecular complexity index is 421. The molecule has 0 saturated carbocycles. The number of pyridine rings is 1. The van der Waals surface area contributed by atoms with E-state index in [0.29, 0.717) is 3.57 Å². The van der Waals surface area contributed by atoms with Gasteiger partial charge in [-0.15, -0.1) is 0 Å². The van der Waals surface area contributed by atoms with Crippen LogP contribution in [-0.2, 0) is 22.1 Å². The highest BCUT2D eigenvalue weighted by atomic mass is 127. The molecule has 0 N–H and O–H groups in total. The molecule has 0 aliphatic carbocycles. The predicted octanol–water partition coefficient (Wildman–Crippen LogP) is 2.81. The van der Waals surface area contributed by atoms with Crippen LogP contribution in [0, 0.1) is 3.57 Å². The third-order valence-corrected chi connectivity index (χ3v) is 2.80. The van der Waals surface area contributed by atoms with Crippen LogP contribution in [0.2, 0.25) is 0 Å². The van der Waals surface area contributed by atoms with Crippen molar-refractivity contribution in [3.63, 3.8) is 0 Å². The van der Waals surface area contributed by atoms with E-state index in [1.54, 1.807) is 29.5 Å². The molecule has 3 nitrogen and oxygen atoms in total. The van der Waals surface area contributed by atoms with Gasteiger partial charge in [0.05, 0.1) is 24.3 Å². The number of alkyl halides is 3. The largest absolute Gasteiger partial charge is 0.466 e. The van der Waals surface area contributed by atoms with Crippen LogP contribution in [0.15, 0.2) is 12.3 Å². The second-order valence-electron chi connectivity index (χ2n) is 3.13. The lowest BCUT2D eigenvalue weighted by atomic mass is 10.2. The van der Waals surface area contributed by atoms with Gasteiger partial charge in [0, 0.05) is 9.77 Å². The molecule has 0 saturated heterocycles. The molecule has 0 radical (unpaired) electrons. The first-order valence-corrected chi connectivity index (χ1v) is 5.79. The average molecular weight is 359 g/mol. The lowest BCUT2D eigenvalue weighted by Gasteiger charge is -2.09. The normalized spacial score (nSPS) is 11.4. The Labute approximate surface area is 110 Å². The summed E-state index contributed by atoms with van der Waals surface area (Å²) in [5, 5.41) is 0. The van der Waals surface area contributed by atoms with Gasteiger partial charge < -0.3 is 4.74 Å². The van der Waals surface area contributed by atoms with Gasteiger partial charge in [0.15, 0.2) is 0 Å². The molecule has 7 heteroatoms. The van der Waals surface area contributed by atoms with E-state index in [4.69, 9.17) is 4.74 Å². The molecule has 0 fully saturated rings. The molecule has 0 aromatic carbocycles. The minimum absolute atomic E-state index is 0.121. The summed E-state index contributed by atoms with van der Waals surface area (Å²) in [6.45, 7) is 1.89. The summed E-state index contributed by atoms with van der Waals surface area (Å²) in [6.07, 6.45) is -3.82. The first-order chi connectivity index (χ1) is 7.84. The van der Waals surface area contributed by atoms with Crippen LogP contribution in [0.4, 0.5) is 13.2 Å². The van der Waals surface area contributed by atoms with E-state index >= 15 is 0 Å². The van der Waals surface area contributed by atoms with E-state index < -0.39 is 17.7 Å². The van der Waals surface area contributed by atoms with Crippen LogP contribution in [0.25, 0.3) is 0 Å². The van der Waals surface area contributed by atoms with Gasteiger partial charge in [-0.3, -0.25) is 9.78 Å². The molecule has 1 rings (SSSR count). The summed E-state index contributed by atoms with van der Waals surface area (Å²) in [5.41, 5.74) is -0.536. The molecule has 1 aromatic rings. The van der Waals surface area contributed by atoms with Gasteiger partial charge in [-0.2, -0.15) is 13.2 Å². The van der Waals surface area contributed by atoms with E-state index in [9.17, 15) is 18.0 Å². The van der Waals surface area contributed by atoms with Gasteiger partial charge in [0.25, 0.3) is 0 Å². The number of rotatable bonds is 3. The molecular weight excluding hydrogens is 350 g/mol. The fraction of sp³-hybridized carbons (Fsp3) is 0.400. The molecule has 0 bridgehead atoms. The zero-order valence-electron chi connectivity index (χ0n) is 8.84. The molecule has 94 valence electrons. The minimum Gasteiger partial charge on any atom is -0.466 e. The quantitative estimate of drug-likeness (QED) is 0.616. The van der Waals surface area contributed by atoms with E-state index in [1.807, 2.05) is 0 Å². The van der Waals surface area contributed by atoms with Crippen molar-refractivity contribution >= 4 is 28.6 Å². The second kappa shape index (κ2) is 5.65. The number of carbonyl (C=O) groups is 1. The van der Waals surface area contributed by atoms with Crippen molar-refractivity contribution in [1.82, 2.24) is 4.98 Å². The number of esters is 1. The Morgan fingerprint density at radius 2 is 2.18 bits per heavy atom. The Morgan fingerprint density at radius 1 is 1.53 bits per heavy atom. The van der Waals surface area contributed by atoms with Gasteiger partial charge in [0.2, 0.25) is 0 Å². The molecule has 0 aliphatic heterocycles. The van der Waals surface area contributed by atoms with Crippen molar-refractivity contribution in [2.75, 3.05) is 6.61 Å². The summed E-state index contributed by atoms with van der Waals surface area (Å²) in [6, 6.07) is 0.960. The summed E-state index contributed by atoms with van der Waals surface area (Å²) >= 11 is 1.72. The van der Waals surface area contributed by atoms with Gasteiger partial charge in [0.1, 0.15) is 0 Å². The average Bonchev–Trinajstić information content (AvgIpc) is 2.20. The van der Waals surface area contributed by atoms with E-state index in [2.05, 4.69) is 4.98 Å². The molecule has 1 heterocycles. The standard InChI is InChI=1S/C10H9F3INO2/c1-2-17-9(16)4-8-7(14)3-6(5-15-8)10(11,12)13/h3,5H,2,4H2,1H3. The van der Waals surface area contributed by atoms with Gasteiger partial charge >= 0.3 is 12.1 Å². The van der Waals surface area contributed by atoms with Crippen molar-refractivity contribution in [2.24, 2.45) is 0 Å². The molecule has 1 aromatic heterocycles. The number of carbonyl (C=O) groups excluding carboxylic acids is 1. The fourth-order valence-corrected chi connectivity index (χ4v) is 1.77. The highest BCUT2D eigenvalue weighted by Crippen LogP contribution is 2.30. The van der Waals surface area contributed by atoms with Crippen LogP contribution in [-0.4, -0.2) is 17.6 Å². The van der Waals surface area contributed by atoms with E-state index in [1.165, 1.54) is 0 Å². The number of halogens is 4. The summed E-state index contributed by atoms with van der Waals surface area (Å²) in [4.78, 5) is 14.8. The molecule has 0 spiro atoms. The summed E-state index contributed by atoms with van der Waals surface area (Å²) < 4.78 is 42.0. The highest BCUT2D eigenvalue weighted by Gasteiger charge is 2.31. The molecule has 17 heavy (non-hydrogen) atoms. The van der Waals surface area contributed by atoms with Crippen LogP contribution in [0.5, 0.6) is 0 Å². The Morgan fingerprint density at radius 3 is 2.65 bits per heavy atom. The first kappa shape index (κ1) is 14.2. The van der Waals surface area contributed by atoms with Crippen LogP contribution in [0.3, 0.4) is 0 Å². The zero-order chi connectivity index (χ0) is 13.1. The number of hydrogen-bond donors (Lipinski definition) is 0. The molecule has 0 aliphatic rings. The number of aromatic nitrogens is 1. The molecule has 0 amide bonds. The van der Waals surface area contributed by atoms with Gasteiger partial charge in [-0.1, -0.05) is 0 Å². The minimum atomic E-state index is -4.42. The highest BCUT2D eigenvalue weighted by molar-refractivity contribution is 14.1. The Kier molecular flexibility index (Phi) is 4.72. The maximum atomic E-state index is 12.3. The van der Waals surface area contributed by atoms with Crippen LogP contribution >= 0.6 is 22.6 Å². The second-order valence-corrected chi connectivity index (χ2v) is 4.29. The third-order valence-electron chi connectivity index (χ3n) is 1.86. The van der Waals surface area contributed by atoms with Crippen LogP contribution in [0.1, 0.15) is 18.2 Å². The van der Waals surface area contributed by atoms with Gasteiger partial charge in [-0.25, -0.2) is 0 Å². The van der Waals surface area contributed by atoms with Crippen LogP contribution < -0.4 is 0 Å². The Balaban J connectivity index is 2.87. The lowest BCUT2D eigenvalue weighted by Crippen LogP contribution is -2.12. The maximum absolute atomic E-state index is 12.3. The smallest absolute Gasteiger partial charge is 0.417 e. The zero-order valence-corrected chi connectivity index (χ0v) is 11.0. The number of ether oxygens (including phenoxy) is 1. The summed E-state index contributed by atoms with van der Waals surface area (Å²) in [5.74, 6) is -0.502. The third kappa shape index (κ3) is 4.14. The van der Waals surface area contributed by atoms with Crippen molar-refractivity contribution in [3.8, 4) is 0 Å². The van der Waals surface area contributed by atoms with Crippen molar-refractivity contribution in [3.05, 3.63) is 27.1 Å². The molecule has 0 unspecified atom stereocenters. The predicted molar refractivity (Wildman–Crippen MR) is 62.3 cm³/mol. The van der Waals surface area contributed by atoms with Crippen molar-refractivity contribution < 1.29 is 22.7 Å².